The maximum atomic E-state index is 11.2. The lowest BCUT2D eigenvalue weighted by molar-refractivity contribution is -0.138. The van der Waals surface area contributed by atoms with E-state index in [-0.39, 0.29) is 12.0 Å². The monoisotopic (exact) mass is 173 g/mol. The van der Waals surface area contributed by atoms with E-state index in [9.17, 15) is 4.79 Å². The highest BCUT2D eigenvalue weighted by atomic mass is 16.5. The van der Waals surface area contributed by atoms with Gasteiger partial charge in [0.05, 0.1) is 6.10 Å². The van der Waals surface area contributed by atoms with Crippen LogP contribution in [0.5, 0.6) is 0 Å². The maximum absolute atomic E-state index is 11.2. The Kier molecular flexibility index (Phi) is 3.05. The molecule has 0 aliphatic carbocycles. The fourth-order valence-corrected chi connectivity index (χ4v) is 1.38. The van der Waals surface area contributed by atoms with Gasteiger partial charge in [-0.1, -0.05) is 0 Å². The van der Waals surface area contributed by atoms with Crippen molar-refractivity contribution in [3.63, 3.8) is 0 Å². The molecule has 2 atom stereocenters. The molecule has 0 unspecified atom stereocenters. The molecule has 1 aliphatic rings. The van der Waals surface area contributed by atoms with Crippen molar-refractivity contribution in [1.82, 2.24) is 4.90 Å². The first-order valence-corrected chi connectivity index (χ1v) is 4.14. The second kappa shape index (κ2) is 3.87. The van der Waals surface area contributed by atoms with Crippen LogP contribution in [0.4, 0.5) is 0 Å². The molecule has 0 aromatic carbocycles. The number of likely N-dealkylation sites (tertiary alicyclic amines) is 1. The highest BCUT2D eigenvalue weighted by Crippen LogP contribution is 2.12. The van der Waals surface area contributed by atoms with Gasteiger partial charge in [-0.25, -0.2) is 0 Å². The third kappa shape index (κ3) is 1.95. The van der Waals surface area contributed by atoms with Crippen LogP contribution in [0.1, 0.15) is 13.3 Å². The van der Waals surface area contributed by atoms with Gasteiger partial charge in [0.25, 0.3) is 5.91 Å². The number of aliphatic hydroxyl groups is 1. The van der Waals surface area contributed by atoms with E-state index in [1.54, 1.807) is 12.0 Å². The van der Waals surface area contributed by atoms with Crippen molar-refractivity contribution in [2.75, 3.05) is 20.2 Å². The Morgan fingerprint density at radius 2 is 2.42 bits per heavy atom. The number of aliphatic hydroxyl groups excluding tert-OH is 1. The molecular weight excluding hydrogens is 158 g/mol. The summed E-state index contributed by atoms with van der Waals surface area (Å²) in [5.41, 5.74) is 0. The Hall–Kier alpha value is -0.610. The van der Waals surface area contributed by atoms with Crippen LogP contribution in [0.15, 0.2) is 0 Å². The molecule has 0 saturated carbocycles. The Bertz CT molecular complexity index is 170. The molecule has 1 heterocycles. The minimum Gasteiger partial charge on any atom is -0.384 e. The van der Waals surface area contributed by atoms with Crippen LogP contribution in [0, 0.1) is 0 Å². The van der Waals surface area contributed by atoms with Crippen LogP contribution in [0.25, 0.3) is 0 Å². The Morgan fingerprint density at radius 1 is 1.75 bits per heavy atom. The third-order valence-corrected chi connectivity index (χ3v) is 2.15. The number of hydrogen-bond donors (Lipinski definition) is 1. The summed E-state index contributed by atoms with van der Waals surface area (Å²) in [6, 6.07) is 0. The van der Waals surface area contributed by atoms with E-state index in [2.05, 4.69) is 0 Å². The zero-order valence-electron chi connectivity index (χ0n) is 7.49. The van der Waals surface area contributed by atoms with Gasteiger partial charge in [0, 0.05) is 20.2 Å². The maximum Gasteiger partial charge on any atom is 0.251 e. The van der Waals surface area contributed by atoms with Crippen molar-refractivity contribution < 1.29 is 14.6 Å². The van der Waals surface area contributed by atoms with Crippen molar-refractivity contribution in [3.05, 3.63) is 0 Å². The number of nitrogens with zero attached hydrogens (tertiary/aromatic N) is 1. The fraction of sp³-hybridized carbons (Fsp3) is 0.875. The van der Waals surface area contributed by atoms with Crippen LogP contribution in [0.3, 0.4) is 0 Å². The van der Waals surface area contributed by atoms with E-state index >= 15 is 0 Å². The number of carbonyl (C=O) groups excluding carboxylic acids is 1. The predicted octanol–water partition coefficient (Wildman–Crippen LogP) is -0.385. The second-order valence-corrected chi connectivity index (χ2v) is 3.11. The van der Waals surface area contributed by atoms with E-state index in [1.165, 1.54) is 6.92 Å². The molecule has 4 nitrogen and oxygen atoms in total. The molecule has 0 radical (unpaired) electrons. The fourth-order valence-electron chi connectivity index (χ4n) is 1.38. The summed E-state index contributed by atoms with van der Waals surface area (Å²) >= 11 is 0. The first kappa shape index (κ1) is 9.48. The van der Waals surface area contributed by atoms with Gasteiger partial charge in [-0.2, -0.15) is 0 Å². The van der Waals surface area contributed by atoms with E-state index in [0.29, 0.717) is 13.1 Å². The summed E-state index contributed by atoms with van der Waals surface area (Å²) in [5.74, 6) is -0.199. The van der Waals surface area contributed by atoms with Gasteiger partial charge in [0.15, 0.2) is 0 Å². The van der Waals surface area contributed by atoms with Gasteiger partial charge in [0.1, 0.15) is 6.10 Å². The first-order valence-electron chi connectivity index (χ1n) is 4.14. The van der Waals surface area contributed by atoms with Gasteiger partial charge in [-0.05, 0) is 13.3 Å². The summed E-state index contributed by atoms with van der Waals surface area (Å²) < 4.78 is 5.10. The molecule has 4 heteroatoms. The van der Waals surface area contributed by atoms with Crippen LogP contribution in [0.2, 0.25) is 0 Å². The molecule has 0 aromatic rings. The van der Waals surface area contributed by atoms with E-state index in [1.807, 2.05) is 0 Å². The number of amides is 1. The lowest BCUT2D eigenvalue weighted by Crippen LogP contribution is -2.36. The zero-order chi connectivity index (χ0) is 9.14. The highest BCUT2D eigenvalue weighted by molar-refractivity contribution is 5.80. The molecule has 1 N–H and O–H groups in total. The minimum absolute atomic E-state index is 0.146. The number of carbonyl (C=O) groups is 1. The van der Waals surface area contributed by atoms with Crippen molar-refractivity contribution >= 4 is 5.91 Å². The van der Waals surface area contributed by atoms with E-state index in [0.717, 1.165) is 6.42 Å². The summed E-state index contributed by atoms with van der Waals surface area (Å²) in [4.78, 5) is 12.9. The van der Waals surface area contributed by atoms with Crippen molar-refractivity contribution in [2.24, 2.45) is 0 Å². The van der Waals surface area contributed by atoms with Crippen LogP contribution in [-0.2, 0) is 9.53 Å². The SMILES string of the molecule is CO[C@H]1CCN(C(=O)[C@@H](C)O)C1. The number of methoxy groups -OCH3 is 1. The zero-order valence-corrected chi connectivity index (χ0v) is 7.49. The Labute approximate surface area is 72.1 Å². The third-order valence-electron chi connectivity index (χ3n) is 2.15. The van der Waals surface area contributed by atoms with Gasteiger partial charge in [-0.3, -0.25) is 4.79 Å². The van der Waals surface area contributed by atoms with Crippen LogP contribution >= 0.6 is 0 Å². The Balaban J connectivity index is 2.41. The predicted molar refractivity (Wildman–Crippen MR) is 43.7 cm³/mol. The smallest absolute Gasteiger partial charge is 0.251 e. The molecule has 0 bridgehead atoms. The second-order valence-electron chi connectivity index (χ2n) is 3.11. The molecule has 0 aromatic heterocycles. The summed E-state index contributed by atoms with van der Waals surface area (Å²) in [6.07, 6.45) is 0.128. The molecule has 1 rings (SSSR count). The van der Waals surface area contributed by atoms with Gasteiger partial charge in [-0.15, -0.1) is 0 Å². The molecule has 1 aliphatic heterocycles. The van der Waals surface area contributed by atoms with E-state index < -0.39 is 6.10 Å². The number of ether oxygens (including phenoxy) is 1. The van der Waals surface area contributed by atoms with Gasteiger partial charge < -0.3 is 14.7 Å². The minimum atomic E-state index is -0.888. The Morgan fingerprint density at radius 3 is 2.83 bits per heavy atom. The van der Waals surface area contributed by atoms with E-state index in [4.69, 9.17) is 9.84 Å². The van der Waals surface area contributed by atoms with Gasteiger partial charge >= 0.3 is 0 Å². The lowest BCUT2D eigenvalue weighted by Gasteiger charge is -2.17. The average Bonchev–Trinajstić information content (AvgIpc) is 2.50. The average molecular weight is 173 g/mol. The molecule has 12 heavy (non-hydrogen) atoms. The van der Waals surface area contributed by atoms with Crippen LogP contribution in [-0.4, -0.2) is 48.3 Å². The molecular formula is C8H15NO3. The summed E-state index contributed by atoms with van der Waals surface area (Å²) in [6.45, 7) is 2.80. The lowest BCUT2D eigenvalue weighted by atomic mass is 10.3. The van der Waals surface area contributed by atoms with Crippen molar-refractivity contribution in [1.29, 1.82) is 0 Å². The first-order chi connectivity index (χ1) is 5.65. The van der Waals surface area contributed by atoms with Gasteiger partial charge in [0.2, 0.25) is 0 Å². The normalized spacial score (nSPS) is 25.9. The number of rotatable bonds is 2. The topological polar surface area (TPSA) is 49.8 Å². The number of hydrogen-bond acceptors (Lipinski definition) is 3. The summed E-state index contributed by atoms with van der Waals surface area (Å²) in [7, 11) is 1.64. The van der Waals surface area contributed by atoms with Crippen molar-refractivity contribution in [2.45, 2.75) is 25.6 Å². The molecule has 0 spiro atoms. The quantitative estimate of drug-likeness (QED) is 0.619. The highest BCUT2D eigenvalue weighted by Gasteiger charge is 2.27. The van der Waals surface area contributed by atoms with Crippen molar-refractivity contribution in [3.8, 4) is 0 Å². The largest absolute Gasteiger partial charge is 0.384 e. The summed E-state index contributed by atoms with van der Waals surface area (Å²) in [5, 5.41) is 9.01. The molecule has 1 amide bonds. The molecule has 70 valence electrons. The standard InChI is InChI=1S/C8H15NO3/c1-6(10)8(11)9-4-3-7(5-9)12-2/h6-7,10H,3-5H2,1-2H3/t6-,7+/m1/s1. The molecule has 1 fully saturated rings. The van der Waals surface area contributed by atoms with Crippen LogP contribution < -0.4 is 0 Å². The molecule has 1 saturated heterocycles.